The normalized spacial score (nSPS) is 18.0. The average molecular weight is 526 g/mol. The standard InChI is InChI=1S/C24H23ClF3N3O5/c1-34-17-7-2-14(3-8-17)13-31-22(21(23(32)33)29-30-31)35-18-9-4-15(5-10-18)19-12-16(25)6-11-20(19)36-24(26,27)28/h2-3,6-8,11-12,15,18H,4-5,9-10,13H2,1H3,(H,32,33)/t15-,18-. The number of alkyl halides is 3. The van der Waals surface area contributed by atoms with E-state index in [4.69, 9.17) is 21.1 Å². The Morgan fingerprint density at radius 2 is 1.83 bits per heavy atom. The van der Waals surface area contributed by atoms with Gasteiger partial charge in [-0.25, -0.2) is 9.48 Å². The van der Waals surface area contributed by atoms with Gasteiger partial charge in [-0.15, -0.1) is 18.3 Å². The highest BCUT2D eigenvalue weighted by atomic mass is 35.5. The van der Waals surface area contributed by atoms with Crippen LogP contribution in [0.15, 0.2) is 42.5 Å². The second kappa shape index (κ2) is 10.7. The predicted octanol–water partition coefficient (Wildman–Crippen LogP) is 5.69. The summed E-state index contributed by atoms with van der Waals surface area (Å²) in [5.74, 6) is -1.05. The van der Waals surface area contributed by atoms with Crippen molar-refractivity contribution in [3.63, 3.8) is 0 Å². The molecule has 3 aromatic rings. The summed E-state index contributed by atoms with van der Waals surface area (Å²) in [4.78, 5) is 11.7. The number of halogens is 4. The van der Waals surface area contributed by atoms with Gasteiger partial charge >= 0.3 is 12.3 Å². The summed E-state index contributed by atoms with van der Waals surface area (Å²) >= 11 is 6.04. The van der Waals surface area contributed by atoms with Crippen molar-refractivity contribution in [3.8, 4) is 17.4 Å². The number of hydrogen-bond acceptors (Lipinski definition) is 6. The van der Waals surface area contributed by atoms with Gasteiger partial charge in [-0.05, 0) is 73.1 Å². The molecule has 12 heteroatoms. The number of aromatic nitrogens is 3. The van der Waals surface area contributed by atoms with E-state index in [1.807, 2.05) is 12.1 Å². The zero-order valence-corrected chi connectivity index (χ0v) is 19.9. The Hall–Kier alpha value is -3.47. The molecule has 0 unspecified atom stereocenters. The number of benzene rings is 2. The molecule has 0 saturated heterocycles. The number of carboxylic acids is 1. The van der Waals surface area contributed by atoms with Gasteiger partial charge in [-0.1, -0.05) is 28.9 Å². The molecule has 1 aromatic heterocycles. The van der Waals surface area contributed by atoms with Crippen LogP contribution in [0.3, 0.4) is 0 Å². The van der Waals surface area contributed by atoms with Gasteiger partial charge in [0, 0.05) is 5.02 Å². The molecule has 0 amide bonds. The molecule has 192 valence electrons. The summed E-state index contributed by atoms with van der Waals surface area (Å²) in [5.41, 5.74) is 0.918. The van der Waals surface area contributed by atoms with Crippen LogP contribution < -0.4 is 14.2 Å². The van der Waals surface area contributed by atoms with Crippen molar-refractivity contribution in [1.82, 2.24) is 15.0 Å². The quantitative estimate of drug-likeness (QED) is 0.403. The van der Waals surface area contributed by atoms with Gasteiger partial charge in [0.1, 0.15) is 17.6 Å². The maximum atomic E-state index is 12.9. The first-order valence-electron chi connectivity index (χ1n) is 11.1. The molecular weight excluding hydrogens is 503 g/mol. The molecule has 36 heavy (non-hydrogen) atoms. The van der Waals surface area contributed by atoms with Crippen molar-refractivity contribution in [3.05, 3.63) is 64.3 Å². The Morgan fingerprint density at radius 1 is 1.14 bits per heavy atom. The van der Waals surface area contributed by atoms with E-state index in [0.717, 1.165) is 5.56 Å². The SMILES string of the molecule is COc1ccc(Cn2nnc(C(=O)O)c2O[C@H]2CC[C@H](c3cc(Cl)ccc3OC(F)(F)F)CC2)cc1. The van der Waals surface area contributed by atoms with Crippen molar-refractivity contribution in [2.24, 2.45) is 0 Å². The molecule has 1 aliphatic rings. The minimum atomic E-state index is -4.81. The third-order valence-electron chi connectivity index (χ3n) is 5.97. The van der Waals surface area contributed by atoms with Crippen LogP contribution in [-0.4, -0.2) is 45.6 Å². The van der Waals surface area contributed by atoms with E-state index in [2.05, 4.69) is 15.0 Å². The zero-order chi connectivity index (χ0) is 25.9. The van der Waals surface area contributed by atoms with Crippen LogP contribution in [-0.2, 0) is 6.54 Å². The second-order valence-electron chi connectivity index (χ2n) is 8.38. The van der Waals surface area contributed by atoms with E-state index in [1.165, 1.54) is 22.9 Å². The summed E-state index contributed by atoms with van der Waals surface area (Å²) in [6.45, 7) is 0.232. The van der Waals surface area contributed by atoms with Crippen molar-refractivity contribution >= 4 is 17.6 Å². The molecule has 1 N–H and O–H groups in total. The Balaban J connectivity index is 1.47. The number of rotatable bonds is 8. The lowest BCUT2D eigenvalue weighted by molar-refractivity contribution is -0.275. The third-order valence-corrected chi connectivity index (χ3v) is 6.21. The Kier molecular flexibility index (Phi) is 7.58. The topological polar surface area (TPSA) is 95.7 Å². The maximum Gasteiger partial charge on any atom is 0.573 e. The van der Waals surface area contributed by atoms with Crippen LogP contribution in [0.5, 0.6) is 17.4 Å². The number of carbonyl (C=O) groups is 1. The van der Waals surface area contributed by atoms with Crippen LogP contribution in [0.1, 0.15) is 53.2 Å². The number of ether oxygens (including phenoxy) is 3. The van der Waals surface area contributed by atoms with E-state index in [9.17, 15) is 23.1 Å². The molecule has 1 heterocycles. The lowest BCUT2D eigenvalue weighted by Gasteiger charge is -2.30. The van der Waals surface area contributed by atoms with E-state index < -0.39 is 12.3 Å². The molecule has 2 aromatic carbocycles. The average Bonchev–Trinajstić information content (AvgIpc) is 3.22. The largest absolute Gasteiger partial charge is 0.573 e. The van der Waals surface area contributed by atoms with Crippen LogP contribution in [0.2, 0.25) is 5.02 Å². The van der Waals surface area contributed by atoms with Gasteiger partial charge in [0.05, 0.1) is 13.7 Å². The molecule has 8 nitrogen and oxygen atoms in total. The highest BCUT2D eigenvalue weighted by Gasteiger charge is 2.34. The Bertz CT molecular complexity index is 1210. The van der Waals surface area contributed by atoms with Crippen molar-refractivity contribution in [2.75, 3.05) is 7.11 Å². The first-order valence-corrected chi connectivity index (χ1v) is 11.5. The van der Waals surface area contributed by atoms with Gasteiger partial charge in [-0.2, -0.15) is 0 Å². The molecule has 0 atom stereocenters. The molecular formula is C24H23ClF3N3O5. The van der Waals surface area contributed by atoms with Crippen LogP contribution in [0.4, 0.5) is 13.2 Å². The van der Waals surface area contributed by atoms with Gasteiger partial charge in [0.25, 0.3) is 0 Å². The number of nitrogens with zero attached hydrogens (tertiary/aromatic N) is 3. The monoisotopic (exact) mass is 525 g/mol. The van der Waals surface area contributed by atoms with Gasteiger partial charge in [-0.3, -0.25) is 0 Å². The fraction of sp³-hybridized carbons (Fsp3) is 0.375. The Morgan fingerprint density at radius 3 is 2.44 bits per heavy atom. The molecule has 0 bridgehead atoms. The van der Waals surface area contributed by atoms with Gasteiger partial charge in [0.15, 0.2) is 0 Å². The lowest BCUT2D eigenvalue weighted by atomic mass is 9.82. The second-order valence-corrected chi connectivity index (χ2v) is 8.81. The minimum Gasteiger partial charge on any atom is -0.497 e. The fourth-order valence-corrected chi connectivity index (χ4v) is 4.45. The zero-order valence-electron chi connectivity index (χ0n) is 19.2. The van der Waals surface area contributed by atoms with E-state index in [0.29, 0.717) is 42.0 Å². The van der Waals surface area contributed by atoms with Crippen molar-refractivity contribution < 1.29 is 37.3 Å². The summed E-state index contributed by atoms with van der Waals surface area (Å²) < 4.78 is 55.3. The number of methoxy groups -OCH3 is 1. The number of aromatic carboxylic acids is 1. The van der Waals surface area contributed by atoms with E-state index >= 15 is 0 Å². The summed E-state index contributed by atoms with van der Waals surface area (Å²) in [7, 11) is 1.56. The third kappa shape index (κ3) is 6.20. The van der Waals surface area contributed by atoms with Crippen molar-refractivity contribution in [2.45, 2.75) is 50.6 Å². The predicted molar refractivity (Wildman–Crippen MR) is 123 cm³/mol. The van der Waals surface area contributed by atoms with Crippen molar-refractivity contribution in [1.29, 1.82) is 0 Å². The maximum absolute atomic E-state index is 12.9. The number of hydrogen-bond donors (Lipinski definition) is 1. The molecule has 0 spiro atoms. The van der Waals surface area contributed by atoms with E-state index in [-0.39, 0.29) is 35.9 Å². The van der Waals surface area contributed by atoms with Gasteiger partial charge < -0.3 is 19.3 Å². The Labute approximate surface area is 209 Å². The van der Waals surface area contributed by atoms with Gasteiger partial charge in [0.2, 0.25) is 11.6 Å². The molecule has 0 radical (unpaired) electrons. The molecule has 0 aliphatic heterocycles. The number of carboxylic acid groups (broad SMARTS) is 1. The van der Waals surface area contributed by atoms with Crippen LogP contribution >= 0.6 is 11.6 Å². The minimum absolute atomic E-state index is 0.0330. The molecule has 1 aliphatic carbocycles. The first-order chi connectivity index (χ1) is 17.1. The smallest absolute Gasteiger partial charge is 0.497 e. The lowest BCUT2D eigenvalue weighted by Crippen LogP contribution is -2.26. The summed E-state index contributed by atoms with van der Waals surface area (Å²) in [5, 5.41) is 17.6. The fourth-order valence-electron chi connectivity index (χ4n) is 4.27. The molecule has 1 fully saturated rings. The molecule has 4 rings (SSSR count). The summed E-state index contributed by atoms with van der Waals surface area (Å²) in [6, 6.07) is 11.3. The first kappa shape index (κ1) is 25.6. The highest BCUT2D eigenvalue weighted by Crippen LogP contribution is 2.41. The van der Waals surface area contributed by atoms with Crippen LogP contribution in [0.25, 0.3) is 0 Å². The van der Waals surface area contributed by atoms with E-state index in [1.54, 1.807) is 19.2 Å². The summed E-state index contributed by atoms with van der Waals surface area (Å²) in [6.07, 6.45) is -3.21. The van der Waals surface area contributed by atoms with Crippen LogP contribution in [0, 0.1) is 0 Å². The highest BCUT2D eigenvalue weighted by molar-refractivity contribution is 6.30. The molecule has 1 saturated carbocycles.